The van der Waals surface area contributed by atoms with Crippen LogP contribution in [0.15, 0.2) is 42.5 Å². The fourth-order valence-electron chi connectivity index (χ4n) is 4.04. The van der Waals surface area contributed by atoms with Crippen molar-refractivity contribution >= 4 is 44.8 Å². The third kappa shape index (κ3) is 7.25. The number of thiophene rings is 3. The van der Waals surface area contributed by atoms with Crippen LogP contribution in [-0.2, 0) is 31.8 Å². The van der Waals surface area contributed by atoms with Gasteiger partial charge in [0.05, 0.1) is 49.4 Å². The first-order valence-corrected chi connectivity index (χ1v) is 15.2. The molecule has 4 aromatic rings. The number of aryl methyl sites for hydroxylation is 1. The molecule has 0 N–H and O–H groups in total. The Kier molecular flexibility index (Phi) is 11.0. The smallest absolute Gasteiger partial charge is 0.0700 e. The summed E-state index contributed by atoms with van der Waals surface area (Å²) in [5, 5.41) is 2.68. The lowest BCUT2D eigenvalue weighted by molar-refractivity contribution is 0.0542. The average Bonchev–Trinajstić information content (AvgIpc) is 3.60. The highest BCUT2D eigenvalue weighted by Gasteiger charge is 2.18. The molecule has 0 amide bonds. The zero-order valence-corrected chi connectivity index (χ0v) is 23.9. The Morgan fingerprint density at radius 3 is 1.89 bits per heavy atom. The SMILES string of the molecule is CCOCCOCCc1ccc(-c2sc(-c3cc(C)c(CCOCCOCC)s3)c3ccccc23)s1. The number of ether oxygens (including phenoxy) is 4. The van der Waals surface area contributed by atoms with Gasteiger partial charge in [-0.1, -0.05) is 24.3 Å². The van der Waals surface area contributed by atoms with Crippen molar-refractivity contribution in [1.29, 1.82) is 0 Å². The van der Waals surface area contributed by atoms with Crippen LogP contribution in [0.5, 0.6) is 0 Å². The number of hydrogen-bond donors (Lipinski definition) is 0. The summed E-state index contributed by atoms with van der Waals surface area (Å²) in [4.78, 5) is 8.18. The molecular weight excluding hydrogens is 509 g/mol. The van der Waals surface area contributed by atoms with E-state index in [0.29, 0.717) is 26.4 Å². The van der Waals surface area contributed by atoms with Gasteiger partial charge < -0.3 is 18.9 Å². The Balaban J connectivity index is 1.46. The normalized spacial score (nSPS) is 11.6. The van der Waals surface area contributed by atoms with Gasteiger partial charge in [0.1, 0.15) is 0 Å². The summed E-state index contributed by atoms with van der Waals surface area (Å²) < 4.78 is 22.2. The minimum absolute atomic E-state index is 0.659. The molecule has 0 atom stereocenters. The predicted octanol–water partition coefficient (Wildman–Crippen LogP) is 7.86. The monoisotopic (exact) mass is 544 g/mol. The topological polar surface area (TPSA) is 36.9 Å². The maximum absolute atomic E-state index is 5.77. The lowest BCUT2D eigenvalue weighted by Crippen LogP contribution is -2.06. The van der Waals surface area contributed by atoms with Crippen molar-refractivity contribution in [2.45, 2.75) is 33.6 Å². The minimum Gasteiger partial charge on any atom is -0.379 e. The van der Waals surface area contributed by atoms with Crippen molar-refractivity contribution in [3.8, 4) is 19.5 Å². The first kappa shape index (κ1) is 27.5. The van der Waals surface area contributed by atoms with Crippen LogP contribution in [0.1, 0.15) is 29.2 Å². The largest absolute Gasteiger partial charge is 0.379 e. The zero-order valence-electron chi connectivity index (χ0n) is 21.5. The molecule has 0 bridgehead atoms. The lowest BCUT2D eigenvalue weighted by Gasteiger charge is -2.03. The van der Waals surface area contributed by atoms with E-state index in [9.17, 15) is 0 Å². The van der Waals surface area contributed by atoms with Crippen molar-refractivity contribution in [1.82, 2.24) is 0 Å². The molecule has 0 fully saturated rings. The van der Waals surface area contributed by atoms with Crippen LogP contribution in [0.3, 0.4) is 0 Å². The van der Waals surface area contributed by atoms with Crippen molar-refractivity contribution in [3.05, 3.63) is 57.8 Å². The van der Waals surface area contributed by atoms with Gasteiger partial charge >= 0.3 is 0 Å². The molecule has 4 rings (SSSR count). The molecule has 0 aliphatic carbocycles. The Labute approximate surface area is 226 Å². The standard InChI is InChI=1S/C29H36O4S3/c1-4-30-16-18-32-14-12-22-10-11-26(34-22)28-23-8-6-7-9-24(23)29(36-28)27-20-21(3)25(35-27)13-15-33-19-17-31-5-2/h6-11,20H,4-5,12-19H2,1-3H3. The first-order chi connectivity index (χ1) is 17.7. The van der Waals surface area contributed by atoms with Gasteiger partial charge in [0.2, 0.25) is 0 Å². The first-order valence-electron chi connectivity index (χ1n) is 12.7. The van der Waals surface area contributed by atoms with Gasteiger partial charge in [0.15, 0.2) is 0 Å². The van der Waals surface area contributed by atoms with Crippen LogP contribution in [0.2, 0.25) is 0 Å². The Morgan fingerprint density at radius 2 is 1.22 bits per heavy atom. The molecule has 0 spiro atoms. The van der Waals surface area contributed by atoms with Gasteiger partial charge in [0.25, 0.3) is 0 Å². The summed E-state index contributed by atoms with van der Waals surface area (Å²) in [5.74, 6) is 0. The van der Waals surface area contributed by atoms with Crippen LogP contribution >= 0.6 is 34.0 Å². The van der Waals surface area contributed by atoms with Gasteiger partial charge in [-0.2, -0.15) is 0 Å². The van der Waals surface area contributed by atoms with E-state index >= 15 is 0 Å². The van der Waals surface area contributed by atoms with E-state index in [4.69, 9.17) is 18.9 Å². The Bertz CT molecular complexity index is 1210. The van der Waals surface area contributed by atoms with Gasteiger partial charge in [-0.15, -0.1) is 34.0 Å². The summed E-state index contributed by atoms with van der Waals surface area (Å²) in [7, 11) is 0. The number of benzene rings is 1. The highest BCUT2D eigenvalue weighted by molar-refractivity contribution is 7.28. The molecule has 0 saturated carbocycles. The molecule has 7 heteroatoms. The molecule has 0 saturated heterocycles. The van der Waals surface area contributed by atoms with E-state index in [-0.39, 0.29) is 0 Å². The fourth-order valence-corrected chi connectivity index (χ4v) is 7.70. The number of rotatable bonds is 16. The summed E-state index contributed by atoms with van der Waals surface area (Å²) in [5.41, 5.74) is 1.35. The van der Waals surface area contributed by atoms with Gasteiger partial charge in [0, 0.05) is 56.3 Å². The number of fused-ring (bicyclic) bond motifs is 1. The molecule has 194 valence electrons. The molecule has 0 radical (unpaired) electrons. The second-order valence-electron chi connectivity index (χ2n) is 8.41. The highest BCUT2D eigenvalue weighted by atomic mass is 32.1. The molecular formula is C29H36O4S3. The molecule has 0 unspecified atom stereocenters. The lowest BCUT2D eigenvalue weighted by atomic mass is 10.1. The predicted molar refractivity (Wildman–Crippen MR) is 155 cm³/mol. The molecule has 3 aromatic heterocycles. The van der Waals surface area contributed by atoms with E-state index in [1.807, 2.05) is 47.9 Å². The van der Waals surface area contributed by atoms with Crippen molar-refractivity contribution in [2.24, 2.45) is 0 Å². The van der Waals surface area contributed by atoms with Crippen molar-refractivity contribution in [3.63, 3.8) is 0 Å². The Hall–Kier alpha value is -1.58. The number of hydrogen-bond acceptors (Lipinski definition) is 7. The quantitative estimate of drug-likeness (QED) is 0.135. The fraction of sp³-hybridized carbons (Fsp3) is 0.448. The van der Waals surface area contributed by atoms with E-state index in [0.717, 1.165) is 39.3 Å². The molecule has 36 heavy (non-hydrogen) atoms. The summed E-state index contributed by atoms with van der Waals surface area (Å²) in [6.07, 6.45) is 1.88. The van der Waals surface area contributed by atoms with Crippen LogP contribution in [0, 0.1) is 6.92 Å². The molecule has 4 nitrogen and oxygen atoms in total. The molecule has 0 aliphatic heterocycles. The molecule has 1 aromatic carbocycles. The Morgan fingerprint density at radius 1 is 0.611 bits per heavy atom. The van der Waals surface area contributed by atoms with Crippen LogP contribution in [-0.4, -0.2) is 52.9 Å². The van der Waals surface area contributed by atoms with Gasteiger partial charge in [-0.05, 0) is 44.5 Å². The minimum atomic E-state index is 0.659. The van der Waals surface area contributed by atoms with E-state index in [2.05, 4.69) is 49.4 Å². The summed E-state index contributed by atoms with van der Waals surface area (Å²) >= 11 is 5.70. The van der Waals surface area contributed by atoms with Crippen LogP contribution in [0.25, 0.3) is 30.3 Å². The van der Waals surface area contributed by atoms with E-state index in [1.165, 1.54) is 45.6 Å². The maximum atomic E-state index is 5.77. The molecule has 0 aliphatic rings. The third-order valence-corrected chi connectivity index (χ3v) is 9.89. The van der Waals surface area contributed by atoms with Gasteiger partial charge in [-0.25, -0.2) is 0 Å². The van der Waals surface area contributed by atoms with Gasteiger partial charge in [-0.3, -0.25) is 0 Å². The molecule has 3 heterocycles. The van der Waals surface area contributed by atoms with Crippen LogP contribution in [0.4, 0.5) is 0 Å². The third-order valence-electron chi connectivity index (χ3n) is 5.87. The van der Waals surface area contributed by atoms with Crippen molar-refractivity contribution in [2.75, 3.05) is 52.9 Å². The highest BCUT2D eigenvalue weighted by Crippen LogP contribution is 2.48. The summed E-state index contributed by atoms with van der Waals surface area (Å²) in [6, 6.07) is 15.7. The zero-order chi connectivity index (χ0) is 25.2. The maximum Gasteiger partial charge on any atom is 0.0700 e. The van der Waals surface area contributed by atoms with Crippen molar-refractivity contribution < 1.29 is 18.9 Å². The second kappa shape index (κ2) is 14.4. The van der Waals surface area contributed by atoms with E-state index < -0.39 is 0 Å². The van der Waals surface area contributed by atoms with E-state index in [1.54, 1.807) is 0 Å². The average molecular weight is 545 g/mol. The second-order valence-corrected chi connectivity index (χ2v) is 11.7. The summed E-state index contributed by atoms with van der Waals surface area (Å²) in [6.45, 7) is 11.8. The van der Waals surface area contributed by atoms with Crippen LogP contribution < -0.4 is 0 Å².